The van der Waals surface area contributed by atoms with E-state index >= 15 is 0 Å². The van der Waals surface area contributed by atoms with Gasteiger partial charge in [0.05, 0.1) is 11.4 Å². The topological polar surface area (TPSA) is 88.1 Å². The van der Waals surface area contributed by atoms with Crippen LogP contribution in [0.1, 0.15) is 67.6 Å². The van der Waals surface area contributed by atoms with Crippen LogP contribution in [-0.4, -0.2) is 34.7 Å². The van der Waals surface area contributed by atoms with Crippen molar-refractivity contribution >= 4 is 34.7 Å². The Labute approximate surface area is 252 Å². The number of ketones is 1. The van der Waals surface area contributed by atoms with Gasteiger partial charge < -0.3 is 10.6 Å². The van der Waals surface area contributed by atoms with Crippen LogP contribution in [0.2, 0.25) is 0 Å². The standard InChI is InChI=1S/C34H41N5O2S/c1-23-11-13-25(14-12-23)39-31(22-30(38-39)34(2,3)4)37-33(41)36-28-10-6-5-9-27(28)32(24-17-19-35-20-18-24)29(40)16-15-26-8-7-21-42-26/h5-14,21-22,24,32,35H,15-20H2,1-4H3,(H2,36,37,41). The molecule has 1 unspecified atom stereocenters. The summed E-state index contributed by atoms with van der Waals surface area (Å²) in [5, 5.41) is 16.4. The number of Topliss-reactive ketones (excluding diaryl/α,β-unsaturated/α-hetero) is 1. The second kappa shape index (κ2) is 13.0. The Bertz CT molecular complexity index is 1500. The molecule has 1 aliphatic heterocycles. The summed E-state index contributed by atoms with van der Waals surface area (Å²) < 4.78 is 1.78. The highest BCUT2D eigenvalue weighted by atomic mass is 32.1. The van der Waals surface area contributed by atoms with E-state index in [9.17, 15) is 9.59 Å². The molecule has 7 nitrogen and oxygen atoms in total. The lowest BCUT2D eigenvalue weighted by Crippen LogP contribution is -2.34. The quantitative estimate of drug-likeness (QED) is 0.191. The molecule has 0 saturated carbocycles. The van der Waals surface area contributed by atoms with E-state index in [2.05, 4.69) is 48.2 Å². The van der Waals surface area contributed by atoms with Crippen LogP contribution in [-0.2, 0) is 16.6 Å². The summed E-state index contributed by atoms with van der Waals surface area (Å²) in [6.07, 6.45) is 3.09. The van der Waals surface area contributed by atoms with Gasteiger partial charge in [-0.05, 0) is 80.4 Å². The number of thiophene rings is 1. The molecule has 0 radical (unpaired) electrons. The van der Waals surface area contributed by atoms with Crippen molar-refractivity contribution in [2.75, 3.05) is 23.7 Å². The molecule has 220 valence electrons. The lowest BCUT2D eigenvalue weighted by Gasteiger charge is -2.31. The fourth-order valence-electron chi connectivity index (χ4n) is 5.60. The van der Waals surface area contributed by atoms with Gasteiger partial charge in [0, 0.05) is 34.4 Å². The number of carbonyl (C=O) groups excluding carboxylic acids is 2. The van der Waals surface area contributed by atoms with Crippen molar-refractivity contribution in [2.24, 2.45) is 5.92 Å². The number of nitrogens with one attached hydrogen (secondary N) is 3. The third kappa shape index (κ3) is 7.17. The molecule has 1 fully saturated rings. The van der Waals surface area contributed by atoms with Gasteiger partial charge in [0.1, 0.15) is 11.6 Å². The number of rotatable bonds is 9. The molecule has 2 amide bonds. The SMILES string of the molecule is Cc1ccc(-n2nc(C(C)(C)C)cc2NC(=O)Nc2ccccc2C(C(=O)CCc2cccs2)C2CCNCC2)cc1. The number of carbonyl (C=O) groups is 2. The number of urea groups is 1. The molecule has 1 atom stereocenters. The number of amides is 2. The van der Waals surface area contributed by atoms with E-state index in [0.717, 1.165) is 54.9 Å². The zero-order chi connectivity index (χ0) is 29.7. The molecule has 1 aliphatic rings. The highest BCUT2D eigenvalue weighted by Crippen LogP contribution is 2.37. The molecule has 0 aliphatic carbocycles. The van der Waals surface area contributed by atoms with Crippen molar-refractivity contribution in [3.05, 3.63) is 93.8 Å². The van der Waals surface area contributed by atoms with Gasteiger partial charge in [-0.3, -0.25) is 10.1 Å². The minimum absolute atomic E-state index is 0.193. The molecule has 4 aromatic rings. The summed E-state index contributed by atoms with van der Waals surface area (Å²) in [5.41, 5.74) is 4.26. The normalized spacial score (nSPS) is 14.9. The molecule has 3 N–H and O–H groups in total. The monoisotopic (exact) mass is 583 g/mol. The maximum atomic E-state index is 13.8. The average molecular weight is 584 g/mol. The second-order valence-electron chi connectivity index (χ2n) is 12.2. The van der Waals surface area contributed by atoms with Gasteiger partial charge in [0.25, 0.3) is 0 Å². The molecule has 8 heteroatoms. The van der Waals surface area contributed by atoms with Crippen molar-refractivity contribution in [2.45, 2.75) is 64.7 Å². The maximum Gasteiger partial charge on any atom is 0.324 e. The van der Waals surface area contributed by atoms with Crippen molar-refractivity contribution in [3.63, 3.8) is 0 Å². The van der Waals surface area contributed by atoms with Crippen LogP contribution < -0.4 is 16.0 Å². The molecule has 3 heterocycles. The van der Waals surface area contributed by atoms with Crippen molar-refractivity contribution in [3.8, 4) is 5.69 Å². The zero-order valence-electron chi connectivity index (χ0n) is 24.9. The molecule has 2 aromatic heterocycles. The molecule has 5 rings (SSSR count). The lowest BCUT2D eigenvalue weighted by molar-refractivity contribution is -0.121. The van der Waals surface area contributed by atoms with Crippen molar-refractivity contribution in [1.82, 2.24) is 15.1 Å². The van der Waals surface area contributed by atoms with Crippen LogP contribution in [0.15, 0.2) is 72.1 Å². The van der Waals surface area contributed by atoms with Gasteiger partial charge >= 0.3 is 6.03 Å². The first-order valence-electron chi connectivity index (χ1n) is 14.8. The Kier molecular flexibility index (Phi) is 9.24. The third-order valence-corrected chi connectivity index (χ3v) is 8.88. The van der Waals surface area contributed by atoms with Gasteiger partial charge in [0.15, 0.2) is 0 Å². The summed E-state index contributed by atoms with van der Waals surface area (Å²) in [6, 6.07) is 21.5. The largest absolute Gasteiger partial charge is 0.324 e. The minimum Gasteiger partial charge on any atom is -0.317 e. The Morgan fingerprint density at radius 2 is 1.76 bits per heavy atom. The van der Waals surface area contributed by atoms with E-state index in [1.165, 1.54) is 4.88 Å². The number of anilines is 2. The molecule has 42 heavy (non-hydrogen) atoms. The van der Waals surface area contributed by atoms with Crippen LogP contribution in [0, 0.1) is 12.8 Å². The number of hydrogen-bond acceptors (Lipinski definition) is 5. The summed E-state index contributed by atoms with van der Waals surface area (Å²) in [6.45, 7) is 10.1. The highest BCUT2D eigenvalue weighted by molar-refractivity contribution is 7.09. The van der Waals surface area contributed by atoms with E-state index in [1.807, 2.05) is 67.6 Å². The number of hydrogen-bond donors (Lipinski definition) is 3. The van der Waals surface area contributed by atoms with Gasteiger partial charge in [0.2, 0.25) is 0 Å². The Morgan fingerprint density at radius 1 is 1.02 bits per heavy atom. The van der Waals surface area contributed by atoms with Crippen molar-refractivity contribution in [1.29, 1.82) is 0 Å². The minimum atomic E-state index is -0.369. The van der Waals surface area contributed by atoms with E-state index in [0.29, 0.717) is 17.9 Å². The zero-order valence-corrected chi connectivity index (χ0v) is 25.8. The number of benzene rings is 2. The predicted octanol–water partition coefficient (Wildman–Crippen LogP) is 7.47. The van der Waals surface area contributed by atoms with Crippen molar-refractivity contribution < 1.29 is 9.59 Å². The van der Waals surface area contributed by atoms with E-state index in [1.54, 1.807) is 16.0 Å². The number of para-hydroxylation sites is 1. The predicted molar refractivity (Wildman–Crippen MR) is 172 cm³/mol. The number of piperidine rings is 1. The Hall–Kier alpha value is -3.75. The summed E-state index contributed by atoms with van der Waals surface area (Å²) in [5.74, 6) is 0.775. The molecule has 0 spiro atoms. The molecule has 1 saturated heterocycles. The fraction of sp³-hybridized carbons (Fsp3) is 0.382. The smallest absolute Gasteiger partial charge is 0.317 e. The summed E-state index contributed by atoms with van der Waals surface area (Å²) in [7, 11) is 0. The molecule has 2 aromatic carbocycles. The van der Waals surface area contributed by atoms with Crippen LogP contribution in [0.25, 0.3) is 5.69 Å². The van der Waals surface area contributed by atoms with Gasteiger partial charge in [-0.1, -0.05) is 62.7 Å². The molecule has 0 bridgehead atoms. The summed E-state index contributed by atoms with van der Waals surface area (Å²) in [4.78, 5) is 28.6. The number of nitrogens with zero attached hydrogens (tertiary/aromatic N) is 2. The lowest BCUT2D eigenvalue weighted by atomic mass is 9.76. The van der Waals surface area contributed by atoms with Gasteiger partial charge in [-0.15, -0.1) is 11.3 Å². The van der Waals surface area contributed by atoms with Gasteiger partial charge in [-0.2, -0.15) is 5.10 Å². The second-order valence-corrected chi connectivity index (χ2v) is 13.2. The molecular formula is C34H41N5O2S. The maximum absolute atomic E-state index is 13.8. The Morgan fingerprint density at radius 3 is 2.45 bits per heavy atom. The average Bonchev–Trinajstić information content (AvgIpc) is 3.64. The highest BCUT2D eigenvalue weighted by Gasteiger charge is 2.32. The van der Waals surface area contributed by atoms with Crippen LogP contribution in [0.3, 0.4) is 0 Å². The van der Waals surface area contributed by atoms with Crippen LogP contribution in [0.4, 0.5) is 16.3 Å². The third-order valence-electron chi connectivity index (χ3n) is 7.94. The van der Waals surface area contributed by atoms with Gasteiger partial charge in [-0.25, -0.2) is 9.48 Å². The summed E-state index contributed by atoms with van der Waals surface area (Å²) >= 11 is 1.69. The molecular weight excluding hydrogens is 542 g/mol. The van der Waals surface area contributed by atoms with E-state index in [-0.39, 0.29) is 29.1 Å². The number of aromatic nitrogens is 2. The first-order valence-corrected chi connectivity index (χ1v) is 15.7. The van der Waals surface area contributed by atoms with E-state index in [4.69, 9.17) is 5.10 Å². The fourth-order valence-corrected chi connectivity index (χ4v) is 6.30. The number of aryl methyl sites for hydroxylation is 2. The first-order chi connectivity index (χ1) is 20.2. The van der Waals surface area contributed by atoms with Crippen LogP contribution in [0.5, 0.6) is 0 Å². The Balaban J connectivity index is 1.40. The first kappa shape index (κ1) is 29.7. The van der Waals surface area contributed by atoms with Crippen LogP contribution >= 0.6 is 11.3 Å². The van der Waals surface area contributed by atoms with E-state index < -0.39 is 0 Å².